The summed E-state index contributed by atoms with van der Waals surface area (Å²) in [5.41, 5.74) is 1.67. The Balaban J connectivity index is 1.57. The maximum Gasteiger partial charge on any atom is 0.341 e. The van der Waals surface area contributed by atoms with E-state index in [2.05, 4.69) is 9.97 Å². The summed E-state index contributed by atoms with van der Waals surface area (Å²) >= 11 is 1.39. The number of sulfonamides is 1. The van der Waals surface area contributed by atoms with Crippen molar-refractivity contribution in [3.05, 3.63) is 78.2 Å². The first-order valence-electron chi connectivity index (χ1n) is 10.6. The second-order valence-electron chi connectivity index (χ2n) is 7.56. The summed E-state index contributed by atoms with van der Waals surface area (Å²) in [5, 5.41) is 0.557. The average molecular weight is 497 g/mol. The number of ether oxygens (including phenoxy) is 1. The van der Waals surface area contributed by atoms with Gasteiger partial charge >= 0.3 is 5.97 Å². The van der Waals surface area contributed by atoms with Crippen molar-refractivity contribution < 1.29 is 17.9 Å². The summed E-state index contributed by atoms with van der Waals surface area (Å²) in [7, 11) is -0.614. The number of hydrogen-bond donors (Lipinski definition) is 0. The van der Waals surface area contributed by atoms with E-state index in [1.807, 2.05) is 41.8 Å². The number of aromatic nitrogens is 3. The van der Waals surface area contributed by atoms with Crippen LogP contribution in [0.25, 0.3) is 11.0 Å². The lowest BCUT2D eigenvalue weighted by molar-refractivity contribution is 0.0453. The summed E-state index contributed by atoms with van der Waals surface area (Å²) in [6, 6.07) is 17.9. The fourth-order valence-corrected chi connectivity index (χ4v) is 5.24. The maximum absolute atomic E-state index is 12.9. The molecule has 0 unspecified atom stereocenters. The van der Waals surface area contributed by atoms with Gasteiger partial charge in [-0.25, -0.2) is 27.5 Å². The lowest BCUT2D eigenvalue weighted by Gasteiger charge is -2.11. The summed E-state index contributed by atoms with van der Waals surface area (Å²) in [6.07, 6.45) is 1.64. The molecule has 0 amide bonds. The molecule has 2 aromatic carbocycles. The predicted molar refractivity (Wildman–Crippen MR) is 130 cm³/mol. The molecule has 0 spiro atoms. The topological polar surface area (TPSA) is 94.4 Å². The third kappa shape index (κ3) is 4.84. The Bertz CT molecular complexity index is 1430. The molecular formula is C24H24N4O4S2. The predicted octanol–water partition coefficient (Wildman–Crippen LogP) is 4.21. The van der Waals surface area contributed by atoms with Crippen LogP contribution in [-0.2, 0) is 27.9 Å². The zero-order chi connectivity index (χ0) is 24.3. The molecule has 0 fully saturated rings. The molecule has 176 valence electrons. The van der Waals surface area contributed by atoms with Gasteiger partial charge in [-0.05, 0) is 49.4 Å². The lowest BCUT2D eigenvalue weighted by Crippen LogP contribution is -2.22. The van der Waals surface area contributed by atoms with Crippen molar-refractivity contribution in [1.29, 1.82) is 0 Å². The Morgan fingerprint density at radius 3 is 2.56 bits per heavy atom. The van der Waals surface area contributed by atoms with Gasteiger partial charge in [0, 0.05) is 31.7 Å². The third-order valence-corrected chi connectivity index (χ3v) is 8.01. The average Bonchev–Trinajstić information content (AvgIpc) is 3.20. The number of carbonyl (C=O) groups is 1. The van der Waals surface area contributed by atoms with Crippen LogP contribution in [0.5, 0.6) is 0 Å². The quantitative estimate of drug-likeness (QED) is 0.337. The first kappa shape index (κ1) is 23.9. The van der Waals surface area contributed by atoms with E-state index in [0.29, 0.717) is 28.5 Å². The Hall–Kier alpha value is -3.21. The van der Waals surface area contributed by atoms with Crippen LogP contribution in [0.4, 0.5) is 0 Å². The number of fused-ring (bicyclic) bond motifs is 1. The van der Waals surface area contributed by atoms with Crippen molar-refractivity contribution in [3.8, 4) is 0 Å². The molecule has 4 aromatic rings. The highest BCUT2D eigenvalue weighted by Crippen LogP contribution is 2.29. The Kier molecular flexibility index (Phi) is 7.01. The lowest BCUT2D eigenvalue weighted by atomic mass is 10.3. The van der Waals surface area contributed by atoms with Gasteiger partial charge in [-0.1, -0.05) is 30.0 Å². The van der Waals surface area contributed by atoms with Gasteiger partial charge in [0.2, 0.25) is 10.0 Å². The fraction of sp³-hybridized carbons (Fsp3) is 0.208. The van der Waals surface area contributed by atoms with Crippen LogP contribution < -0.4 is 0 Å². The number of carbonyl (C=O) groups excluding carboxylic acids is 1. The van der Waals surface area contributed by atoms with Gasteiger partial charge in [-0.3, -0.25) is 0 Å². The minimum Gasteiger partial charge on any atom is -0.454 e. The van der Waals surface area contributed by atoms with Crippen molar-refractivity contribution in [2.24, 2.45) is 0 Å². The summed E-state index contributed by atoms with van der Waals surface area (Å²) in [6.45, 7) is 2.49. The highest BCUT2D eigenvalue weighted by molar-refractivity contribution is 7.99. The van der Waals surface area contributed by atoms with Crippen molar-refractivity contribution in [2.45, 2.75) is 34.9 Å². The normalized spacial score (nSPS) is 11.8. The molecule has 10 heteroatoms. The van der Waals surface area contributed by atoms with Crippen LogP contribution in [0, 0.1) is 0 Å². The van der Waals surface area contributed by atoms with Crippen molar-refractivity contribution in [1.82, 2.24) is 18.8 Å². The Labute approximate surface area is 202 Å². The fourth-order valence-electron chi connectivity index (χ4n) is 3.43. The molecule has 0 aliphatic rings. The summed E-state index contributed by atoms with van der Waals surface area (Å²) in [5.74, 6) is 0.0310. The SMILES string of the molecule is CCn1c(COC(=O)c2cccnc2Sc2ccccc2)nc2cc(S(=O)(=O)N(C)C)ccc21. The maximum atomic E-state index is 12.9. The molecule has 4 rings (SSSR count). The Morgan fingerprint density at radius 1 is 1.09 bits per heavy atom. The largest absolute Gasteiger partial charge is 0.454 e. The molecule has 0 atom stereocenters. The molecule has 0 bridgehead atoms. The molecule has 0 saturated carbocycles. The highest BCUT2D eigenvalue weighted by Gasteiger charge is 2.21. The van der Waals surface area contributed by atoms with E-state index in [-0.39, 0.29) is 11.5 Å². The van der Waals surface area contributed by atoms with Crippen LogP contribution in [-0.4, -0.2) is 47.3 Å². The van der Waals surface area contributed by atoms with Gasteiger partial charge in [-0.15, -0.1) is 0 Å². The number of pyridine rings is 1. The molecule has 0 aliphatic heterocycles. The van der Waals surface area contributed by atoms with E-state index in [4.69, 9.17) is 4.74 Å². The first-order valence-corrected chi connectivity index (χ1v) is 12.8. The first-order chi connectivity index (χ1) is 16.3. The minimum atomic E-state index is -3.58. The van der Waals surface area contributed by atoms with E-state index >= 15 is 0 Å². The van der Waals surface area contributed by atoms with Crippen molar-refractivity contribution in [2.75, 3.05) is 14.1 Å². The Morgan fingerprint density at radius 2 is 1.85 bits per heavy atom. The molecule has 0 radical (unpaired) electrons. The van der Waals surface area contributed by atoms with Gasteiger partial charge in [0.1, 0.15) is 17.5 Å². The second-order valence-corrected chi connectivity index (χ2v) is 10.8. The van der Waals surface area contributed by atoms with Crippen LogP contribution >= 0.6 is 11.8 Å². The zero-order valence-corrected chi connectivity index (χ0v) is 20.6. The number of aryl methyl sites for hydroxylation is 1. The van der Waals surface area contributed by atoms with E-state index in [0.717, 1.165) is 14.7 Å². The van der Waals surface area contributed by atoms with E-state index in [1.165, 1.54) is 31.9 Å². The van der Waals surface area contributed by atoms with Gasteiger partial charge in [0.25, 0.3) is 0 Å². The highest BCUT2D eigenvalue weighted by atomic mass is 32.2. The van der Waals surface area contributed by atoms with E-state index < -0.39 is 16.0 Å². The van der Waals surface area contributed by atoms with E-state index in [9.17, 15) is 13.2 Å². The van der Waals surface area contributed by atoms with Crippen LogP contribution in [0.3, 0.4) is 0 Å². The smallest absolute Gasteiger partial charge is 0.341 e. The number of benzene rings is 2. The van der Waals surface area contributed by atoms with E-state index in [1.54, 1.807) is 30.5 Å². The van der Waals surface area contributed by atoms with Crippen molar-refractivity contribution in [3.63, 3.8) is 0 Å². The van der Waals surface area contributed by atoms with Gasteiger partial charge in [0.15, 0.2) is 0 Å². The molecule has 0 saturated heterocycles. The number of rotatable bonds is 8. The minimum absolute atomic E-state index is 0.0541. The monoisotopic (exact) mass is 496 g/mol. The van der Waals surface area contributed by atoms with Gasteiger partial charge in [0.05, 0.1) is 21.5 Å². The second kappa shape index (κ2) is 9.96. The number of imidazole rings is 1. The number of esters is 1. The molecular weight excluding hydrogens is 472 g/mol. The summed E-state index contributed by atoms with van der Waals surface area (Å²) < 4.78 is 33.6. The molecule has 0 N–H and O–H groups in total. The molecule has 2 heterocycles. The van der Waals surface area contributed by atoms with Crippen molar-refractivity contribution >= 4 is 38.8 Å². The zero-order valence-electron chi connectivity index (χ0n) is 19.0. The molecule has 2 aromatic heterocycles. The van der Waals surface area contributed by atoms with Crippen LogP contribution in [0.1, 0.15) is 23.1 Å². The van der Waals surface area contributed by atoms with Crippen LogP contribution in [0.2, 0.25) is 0 Å². The molecule has 34 heavy (non-hydrogen) atoms. The third-order valence-electron chi connectivity index (χ3n) is 5.17. The number of hydrogen-bond acceptors (Lipinski definition) is 7. The summed E-state index contributed by atoms with van der Waals surface area (Å²) in [4.78, 5) is 22.9. The molecule has 8 nitrogen and oxygen atoms in total. The van der Waals surface area contributed by atoms with Crippen LogP contribution in [0.15, 0.2) is 81.7 Å². The van der Waals surface area contributed by atoms with Gasteiger partial charge in [-0.2, -0.15) is 0 Å². The molecule has 0 aliphatic carbocycles. The number of nitrogens with zero attached hydrogens (tertiary/aromatic N) is 4. The standard InChI is InChI=1S/C24H24N4O4S2/c1-4-28-21-13-12-18(34(30,31)27(2)3)15-20(21)26-22(28)16-32-24(29)19-11-8-14-25-23(19)33-17-9-6-5-7-10-17/h5-15H,4,16H2,1-3H3. The van der Waals surface area contributed by atoms with Gasteiger partial charge < -0.3 is 9.30 Å².